The van der Waals surface area contributed by atoms with Gasteiger partial charge < -0.3 is 4.74 Å². The van der Waals surface area contributed by atoms with E-state index in [4.69, 9.17) is 4.74 Å². The third-order valence-electron chi connectivity index (χ3n) is 2.50. The SMILES string of the molecule is C[C@@H](C#CC(C)(C)C)CCOCc1ccccc1. The van der Waals surface area contributed by atoms with Gasteiger partial charge in [0, 0.05) is 17.9 Å². The maximum Gasteiger partial charge on any atom is 0.0716 e. The second-order valence-electron chi connectivity index (χ2n) is 5.75. The topological polar surface area (TPSA) is 9.23 Å². The lowest BCUT2D eigenvalue weighted by molar-refractivity contribution is 0.113. The minimum Gasteiger partial charge on any atom is -0.377 e. The van der Waals surface area contributed by atoms with Gasteiger partial charge in [-0.2, -0.15) is 0 Å². The Bertz CT molecular complexity index is 389. The molecule has 0 aliphatic rings. The summed E-state index contributed by atoms with van der Waals surface area (Å²) in [7, 11) is 0. The van der Waals surface area contributed by atoms with Crippen LogP contribution in [0.4, 0.5) is 0 Å². The maximum absolute atomic E-state index is 5.65. The smallest absolute Gasteiger partial charge is 0.0716 e. The van der Waals surface area contributed by atoms with E-state index in [1.54, 1.807) is 0 Å². The highest BCUT2D eigenvalue weighted by Crippen LogP contribution is 2.11. The standard InChI is InChI=1S/C17H24O/c1-15(10-12-17(2,3)4)11-13-18-14-16-8-6-5-7-9-16/h5-9,15H,11,13-14H2,1-4H3/t15-/m0/s1. The average molecular weight is 244 g/mol. The van der Waals surface area contributed by atoms with Gasteiger partial charge in [-0.15, -0.1) is 0 Å². The Labute approximate surface area is 112 Å². The molecule has 0 saturated heterocycles. The molecule has 0 unspecified atom stereocenters. The molecular weight excluding hydrogens is 220 g/mol. The number of hydrogen-bond acceptors (Lipinski definition) is 1. The highest BCUT2D eigenvalue weighted by Gasteiger charge is 2.04. The fourth-order valence-electron chi connectivity index (χ4n) is 1.44. The molecule has 1 nitrogen and oxygen atoms in total. The molecule has 0 spiro atoms. The summed E-state index contributed by atoms with van der Waals surface area (Å²) in [4.78, 5) is 0. The molecule has 1 atom stereocenters. The highest BCUT2D eigenvalue weighted by atomic mass is 16.5. The van der Waals surface area contributed by atoms with Crippen molar-refractivity contribution in [3.05, 3.63) is 35.9 Å². The van der Waals surface area contributed by atoms with Crippen LogP contribution in [0, 0.1) is 23.2 Å². The van der Waals surface area contributed by atoms with Crippen LogP contribution in [0.15, 0.2) is 30.3 Å². The molecule has 0 saturated carbocycles. The maximum atomic E-state index is 5.65. The zero-order valence-corrected chi connectivity index (χ0v) is 12.0. The van der Waals surface area contributed by atoms with Gasteiger partial charge in [-0.25, -0.2) is 0 Å². The van der Waals surface area contributed by atoms with Crippen LogP contribution in [0.5, 0.6) is 0 Å². The molecule has 98 valence electrons. The van der Waals surface area contributed by atoms with E-state index in [1.165, 1.54) is 5.56 Å². The molecule has 18 heavy (non-hydrogen) atoms. The fraction of sp³-hybridized carbons (Fsp3) is 0.529. The first-order chi connectivity index (χ1) is 8.47. The van der Waals surface area contributed by atoms with Gasteiger partial charge in [0.2, 0.25) is 0 Å². The van der Waals surface area contributed by atoms with Crippen LogP contribution in [-0.4, -0.2) is 6.61 Å². The van der Waals surface area contributed by atoms with E-state index in [-0.39, 0.29) is 5.41 Å². The Morgan fingerprint density at radius 3 is 2.44 bits per heavy atom. The summed E-state index contributed by atoms with van der Waals surface area (Å²) in [5, 5.41) is 0. The van der Waals surface area contributed by atoms with E-state index in [0.29, 0.717) is 12.5 Å². The van der Waals surface area contributed by atoms with Gasteiger partial charge >= 0.3 is 0 Å². The number of benzene rings is 1. The summed E-state index contributed by atoms with van der Waals surface area (Å²) in [6.45, 7) is 10.0. The van der Waals surface area contributed by atoms with E-state index >= 15 is 0 Å². The lowest BCUT2D eigenvalue weighted by atomic mass is 9.96. The monoisotopic (exact) mass is 244 g/mol. The quantitative estimate of drug-likeness (QED) is 0.555. The fourth-order valence-corrected chi connectivity index (χ4v) is 1.44. The zero-order valence-electron chi connectivity index (χ0n) is 12.0. The molecule has 0 aliphatic heterocycles. The van der Waals surface area contributed by atoms with Gasteiger partial charge in [-0.3, -0.25) is 0 Å². The third-order valence-corrected chi connectivity index (χ3v) is 2.50. The Kier molecular flexibility index (Phi) is 5.95. The highest BCUT2D eigenvalue weighted by molar-refractivity contribution is 5.13. The van der Waals surface area contributed by atoms with Gasteiger partial charge in [0.15, 0.2) is 0 Å². The first-order valence-electron chi connectivity index (χ1n) is 6.62. The molecule has 1 heteroatoms. The van der Waals surface area contributed by atoms with Crippen molar-refractivity contribution < 1.29 is 4.74 Å². The molecule has 1 rings (SSSR count). The van der Waals surface area contributed by atoms with Gasteiger partial charge in [0.1, 0.15) is 0 Å². The Balaban J connectivity index is 2.20. The van der Waals surface area contributed by atoms with Gasteiger partial charge in [-0.05, 0) is 32.8 Å². The van der Waals surface area contributed by atoms with Crippen molar-refractivity contribution in [1.82, 2.24) is 0 Å². The number of hydrogen-bond donors (Lipinski definition) is 0. The molecular formula is C17H24O. The van der Waals surface area contributed by atoms with Crippen molar-refractivity contribution in [2.24, 2.45) is 11.3 Å². The van der Waals surface area contributed by atoms with Crippen molar-refractivity contribution >= 4 is 0 Å². The lowest BCUT2D eigenvalue weighted by Crippen LogP contribution is -2.03. The second kappa shape index (κ2) is 7.24. The van der Waals surface area contributed by atoms with Crippen LogP contribution in [-0.2, 0) is 11.3 Å². The summed E-state index contributed by atoms with van der Waals surface area (Å²) < 4.78 is 5.65. The van der Waals surface area contributed by atoms with E-state index < -0.39 is 0 Å². The zero-order chi connectivity index (χ0) is 13.4. The van der Waals surface area contributed by atoms with Crippen molar-refractivity contribution in [2.45, 2.75) is 40.7 Å². The first-order valence-corrected chi connectivity index (χ1v) is 6.62. The van der Waals surface area contributed by atoms with Crippen molar-refractivity contribution in [3.8, 4) is 11.8 Å². The predicted octanol–water partition coefficient (Wildman–Crippen LogP) is 4.28. The van der Waals surface area contributed by atoms with E-state index in [2.05, 4.69) is 51.7 Å². The summed E-state index contributed by atoms with van der Waals surface area (Å²) >= 11 is 0. The largest absolute Gasteiger partial charge is 0.377 e. The van der Waals surface area contributed by atoms with Crippen molar-refractivity contribution in [2.75, 3.05) is 6.61 Å². The molecule has 0 fully saturated rings. The average Bonchev–Trinajstić information content (AvgIpc) is 2.33. The number of rotatable bonds is 5. The van der Waals surface area contributed by atoms with E-state index in [0.717, 1.165) is 13.0 Å². The molecule has 0 amide bonds. The molecule has 1 aromatic rings. The van der Waals surface area contributed by atoms with Crippen LogP contribution in [0.1, 0.15) is 39.7 Å². The molecule has 0 heterocycles. The van der Waals surface area contributed by atoms with Gasteiger partial charge in [0.05, 0.1) is 6.61 Å². The molecule has 0 radical (unpaired) electrons. The van der Waals surface area contributed by atoms with Crippen molar-refractivity contribution in [3.63, 3.8) is 0 Å². The molecule has 0 aliphatic carbocycles. The summed E-state index contributed by atoms with van der Waals surface area (Å²) in [5.41, 5.74) is 1.32. The minimum atomic E-state index is 0.0964. The van der Waals surface area contributed by atoms with Gasteiger partial charge in [0.25, 0.3) is 0 Å². The van der Waals surface area contributed by atoms with Crippen LogP contribution in [0.25, 0.3) is 0 Å². The van der Waals surface area contributed by atoms with E-state index in [1.807, 2.05) is 18.2 Å². The molecule has 0 aromatic heterocycles. The van der Waals surface area contributed by atoms with Crippen LogP contribution < -0.4 is 0 Å². The Morgan fingerprint density at radius 2 is 1.83 bits per heavy atom. The normalized spacial score (nSPS) is 12.7. The lowest BCUT2D eigenvalue weighted by Gasteiger charge is -2.09. The molecule has 1 aromatic carbocycles. The first kappa shape index (κ1) is 14.8. The van der Waals surface area contributed by atoms with E-state index in [9.17, 15) is 0 Å². The van der Waals surface area contributed by atoms with Crippen LogP contribution in [0.3, 0.4) is 0 Å². The third kappa shape index (κ3) is 7.14. The second-order valence-corrected chi connectivity index (χ2v) is 5.75. The molecule has 0 bridgehead atoms. The molecule has 0 N–H and O–H groups in total. The van der Waals surface area contributed by atoms with Crippen LogP contribution >= 0.6 is 0 Å². The number of ether oxygens (including phenoxy) is 1. The van der Waals surface area contributed by atoms with Crippen molar-refractivity contribution in [1.29, 1.82) is 0 Å². The van der Waals surface area contributed by atoms with Crippen LogP contribution in [0.2, 0.25) is 0 Å². The Hall–Kier alpha value is -1.26. The summed E-state index contributed by atoms with van der Waals surface area (Å²) in [5.74, 6) is 6.97. The van der Waals surface area contributed by atoms with Gasteiger partial charge in [-0.1, -0.05) is 49.1 Å². The minimum absolute atomic E-state index is 0.0964. The summed E-state index contributed by atoms with van der Waals surface area (Å²) in [6.07, 6.45) is 0.996. The Morgan fingerprint density at radius 1 is 1.17 bits per heavy atom. The summed E-state index contributed by atoms with van der Waals surface area (Å²) in [6, 6.07) is 10.3. The predicted molar refractivity (Wildman–Crippen MR) is 77.1 cm³/mol.